The van der Waals surface area contributed by atoms with Crippen LogP contribution in [0.25, 0.3) is 0 Å². The Morgan fingerprint density at radius 2 is 2.33 bits per heavy atom. The summed E-state index contributed by atoms with van der Waals surface area (Å²) in [6, 6.07) is 0. The van der Waals surface area contributed by atoms with Crippen molar-refractivity contribution in [1.82, 2.24) is 5.32 Å². The Labute approximate surface area is 56.6 Å². The first-order valence-corrected chi connectivity index (χ1v) is 3.54. The van der Waals surface area contributed by atoms with Crippen molar-refractivity contribution in [2.75, 3.05) is 26.8 Å². The van der Waals surface area contributed by atoms with Crippen LogP contribution in [-0.2, 0) is 4.74 Å². The predicted molar refractivity (Wildman–Crippen MR) is 37.4 cm³/mol. The van der Waals surface area contributed by atoms with Gasteiger partial charge in [0.1, 0.15) is 0 Å². The molecule has 1 aliphatic rings. The van der Waals surface area contributed by atoms with E-state index in [1.54, 1.807) is 7.11 Å². The molecule has 0 saturated carbocycles. The second-order valence-corrected chi connectivity index (χ2v) is 2.85. The maximum absolute atomic E-state index is 5.06. The second kappa shape index (κ2) is 3.18. The van der Waals surface area contributed by atoms with Crippen molar-refractivity contribution >= 4 is 0 Å². The lowest BCUT2D eigenvalue weighted by atomic mass is 10.00. The fraction of sp³-hybridized carbons (Fsp3) is 1.00. The van der Waals surface area contributed by atoms with Gasteiger partial charge >= 0.3 is 0 Å². The van der Waals surface area contributed by atoms with Crippen molar-refractivity contribution < 1.29 is 4.74 Å². The highest BCUT2D eigenvalue weighted by Gasteiger charge is 2.21. The van der Waals surface area contributed by atoms with Crippen LogP contribution in [0.1, 0.15) is 6.92 Å². The molecule has 9 heavy (non-hydrogen) atoms. The van der Waals surface area contributed by atoms with Crippen LogP contribution in [0.3, 0.4) is 0 Å². The molecular formula is C7H15NO. The maximum atomic E-state index is 5.06. The van der Waals surface area contributed by atoms with Crippen LogP contribution in [0.2, 0.25) is 0 Å². The number of ether oxygens (including phenoxy) is 1. The Morgan fingerprint density at radius 1 is 1.56 bits per heavy atom. The molecule has 1 heterocycles. The highest BCUT2D eigenvalue weighted by atomic mass is 16.5. The van der Waals surface area contributed by atoms with Gasteiger partial charge in [0.05, 0.1) is 6.61 Å². The summed E-state index contributed by atoms with van der Waals surface area (Å²) in [4.78, 5) is 0. The lowest BCUT2D eigenvalue weighted by Gasteiger charge is -2.11. The largest absolute Gasteiger partial charge is 0.384 e. The molecule has 0 radical (unpaired) electrons. The molecule has 0 bridgehead atoms. The van der Waals surface area contributed by atoms with Crippen LogP contribution in [0, 0.1) is 11.8 Å². The highest BCUT2D eigenvalue weighted by molar-refractivity contribution is 4.77. The van der Waals surface area contributed by atoms with Crippen molar-refractivity contribution in [3.05, 3.63) is 0 Å². The predicted octanol–water partition coefficient (Wildman–Crippen LogP) is 0.488. The van der Waals surface area contributed by atoms with Gasteiger partial charge in [0.15, 0.2) is 0 Å². The summed E-state index contributed by atoms with van der Waals surface area (Å²) >= 11 is 0. The lowest BCUT2D eigenvalue weighted by Crippen LogP contribution is -2.15. The normalized spacial score (nSPS) is 35.3. The molecule has 0 aliphatic carbocycles. The molecule has 0 aromatic heterocycles. The van der Waals surface area contributed by atoms with Crippen LogP contribution in [0.5, 0.6) is 0 Å². The summed E-state index contributed by atoms with van der Waals surface area (Å²) in [6.07, 6.45) is 0. The third-order valence-electron chi connectivity index (χ3n) is 2.06. The van der Waals surface area contributed by atoms with Crippen molar-refractivity contribution in [3.8, 4) is 0 Å². The average molecular weight is 129 g/mol. The smallest absolute Gasteiger partial charge is 0.0505 e. The Morgan fingerprint density at radius 3 is 2.78 bits per heavy atom. The molecule has 2 heteroatoms. The highest BCUT2D eigenvalue weighted by Crippen LogP contribution is 2.14. The first-order chi connectivity index (χ1) is 4.34. The molecule has 0 spiro atoms. The zero-order valence-electron chi connectivity index (χ0n) is 6.18. The van der Waals surface area contributed by atoms with Gasteiger partial charge in [0.25, 0.3) is 0 Å². The molecule has 1 fully saturated rings. The van der Waals surface area contributed by atoms with Gasteiger partial charge in [-0.25, -0.2) is 0 Å². The molecule has 0 amide bonds. The van der Waals surface area contributed by atoms with Gasteiger partial charge in [-0.2, -0.15) is 0 Å². The third-order valence-corrected chi connectivity index (χ3v) is 2.06. The van der Waals surface area contributed by atoms with E-state index in [4.69, 9.17) is 4.74 Å². The van der Waals surface area contributed by atoms with E-state index in [9.17, 15) is 0 Å². The molecule has 2 nitrogen and oxygen atoms in total. The average Bonchev–Trinajstić information content (AvgIpc) is 2.18. The van der Waals surface area contributed by atoms with Crippen LogP contribution >= 0.6 is 0 Å². The minimum atomic E-state index is 0.745. The van der Waals surface area contributed by atoms with Gasteiger partial charge in [-0.15, -0.1) is 0 Å². The topological polar surface area (TPSA) is 21.3 Å². The number of hydrogen-bond donors (Lipinski definition) is 1. The van der Waals surface area contributed by atoms with Crippen molar-refractivity contribution in [3.63, 3.8) is 0 Å². The van der Waals surface area contributed by atoms with Crippen molar-refractivity contribution in [1.29, 1.82) is 0 Å². The summed E-state index contributed by atoms with van der Waals surface area (Å²) in [5, 5.41) is 3.33. The van der Waals surface area contributed by atoms with Crippen molar-refractivity contribution in [2.45, 2.75) is 6.92 Å². The maximum Gasteiger partial charge on any atom is 0.0505 e. The monoisotopic (exact) mass is 129 g/mol. The zero-order valence-corrected chi connectivity index (χ0v) is 6.18. The second-order valence-electron chi connectivity index (χ2n) is 2.85. The minimum absolute atomic E-state index is 0.745. The third kappa shape index (κ3) is 1.66. The molecule has 1 N–H and O–H groups in total. The van der Waals surface area contributed by atoms with Gasteiger partial charge in [0, 0.05) is 13.7 Å². The van der Waals surface area contributed by atoms with E-state index in [0.717, 1.165) is 31.5 Å². The van der Waals surface area contributed by atoms with Crippen molar-refractivity contribution in [2.24, 2.45) is 11.8 Å². The number of nitrogens with one attached hydrogen (secondary N) is 1. The Balaban J connectivity index is 2.22. The van der Waals surface area contributed by atoms with E-state index in [1.165, 1.54) is 0 Å². The molecule has 2 atom stereocenters. The van der Waals surface area contributed by atoms with Crippen LogP contribution in [0.15, 0.2) is 0 Å². The number of rotatable bonds is 2. The molecule has 1 rings (SSSR count). The van der Waals surface area contributed by atoms with E-state index < -0.39 is 0 Å². The SMILES string of the molecule is COC[C@H]1CNC[C@@H]1C. The molecule has 1 saturated heterocycles. The van der Waals surface area contributed by atoms with Gasteiger partial charge in [-0.1, -0.05) is 6.92 Å². The molecular weight excluding hydrogens is 114 g/mol. The fourth-order valence-electron chi connectivity index (χ4n) is 1.30. The standard InChI is InChI=1S/C7H15NO/c1-6-3-8-4-7(6)5-9-2/h6-8H,3-5H2,1-2H3/t6-,7+/m0/s1. The summed E-state index contributed by atoms with van der Waals surface area (Å²) < 4.78 is 5.06. The molecule has 54 valence electrons. The van der Waals surface area contributed by atoms with E-state index in [2.05, 4.69) is 12.2 Å². The number of hydrogen-bond acceptors (Lipinski definition) is 2. The summed E-state index contributed by atoms with van der Waals surface area (Å²) in [5.41, 5.74) is 0. The van der Waals surface area contributed by atoms with E-state index >= 15 is 0 Å². The van der Waals surface area contributed by atoms with Gasteiger partial charge in [-0.05, 0) is 18.4 Å². The Hall–Kier alpha value is -0.0800. The molecule has 1 aliphatic heterocycles. The van der Waals surface area contributed by atoms with Gasteiger partial charge < -0.3 is 10.1 Å². The van der Waals surface area contributed by atoms with Crippen LogP contribution in [-0.4, -0.2) is 26.8 Å². The number of methoxy groups -OCH3 is 1. The summed E-state index contributed by atoms with van der Waals surface area (Å²) in [7, 11) is 1.77. The van der Waals surface area contributed by atoms with Gasteiger partial charge in [-0.3, -0.25) is 0 Å². The van der Waals surface area contributed by atoms with E-state index in [0.29, 0.717) is 0 Å². The molecule has 0 unspecified atom stereocenters. The zero-order chi connectivity index (χ0) is 6.69. The first-order valence-electron chi connectivity index (χ1n) is 3.54. The molecule has 0 aromatic carbocycles. The first kappa shape index (κ1) is 7.03. The summed E-state index contributed by atoms with van der Waals surface area (Å²) in [6.45, 7) is 5.47. The quantitative estimate of drug-likeness (QED) is 0.586. The van der Waals surface area contributed by atoms with E-state index in [1.807, 2.05) is 0 Å². The Bertz CT molecular complexity index is 85.0. The molecule has 0 aromatic rings. The van der Waals surface area contributed by atoms with Crippen LogP contribution in [0.4, 0.5) is 0 Å². The lowest BCUT2D eigenvalue weighted by molar-refractivity contribution is 0.144. The minimum Gasteiger partial charge on any atom is -0.384 e. The van der Waals surface area contributed by atoms with E-state index in [-0.39, 0.29) is 0 Å². The fourth-order valence-corrected chi connectivity index (χ4v) is 1.30. The van der Waals surface area contributed by atoms with Crippen LogP contribution < -0.4 is 5.32 Å². The summed E-state index contributed by atoms with van der Waals surface area (Å²) in [5.74, 6) is 1.54. The van der Waals surface area contributed by atoms with Gasteiger partial charge in [0.2, 0.25) is 0 Å². The Kier molecular flexibility index (Phi) is 2.49.